The van der Waals surface area contributed by atoms with Crippen LogP contribution >= 0.6 is 15.9 Å². The third-order valence-corrected chi connectivity index (χ3v) is 3.23. The first-order valence-electron chi connectivity index (χ1n) is 7.35. The van der Waals surface area contributed by atoms with E-state index in [1.807, 2.05) is 0 Å². The summed E-state index contributed by atoms with van der Waals surface area (Å²) in [4.78, 5) is 23.1. The number of ether oxygens (including phenoxy) is 1. The van der Waals surface area contributed by atoms with Crippen LogP contribution in [-0.4, -0.2) is 24.1 Å². The summed E-state index contributed by atoms with van der Waals surface area (Å²) in [5, 5.41) is 5.23. The third-order valence-electron chi connectivity index (χ3n) is 2.73. The molecule has 128 valence electrons. The molecule has 0 fully saturated rings. The van der Waals surface area contributed by atoms with E-state index in [2.05, 4.69) is 26.6 Å². The fourth-order valence-corrected chi connectivity index (χ4v) is 2.12. The SMILES string of the molecule is CC(C)(C)OC(=O)NCCCC(=O)NCc1cc(Br)ccc1F. The Morgan fingerprint density at radius 3 is 2.61 bits per heavy atom. The van der Waals surface area contributed by atoms with Crippen LogP contribution in [0.2, 0.25) is 0 Å². The Balaban J connectivity index is 2.22. The van der Waals surface area contributed by atoms with Crippen molar-refractivity contribution in [3.8, 4) is 0 Å². The quantitative estimate of drug-likeness (QED) is 0.732. The van der Waals surface area contributed by atoms with Crippen molar-refractivity contribution < 1.29 is 18.7 Å². The lowest BCUT2D eigenvalue weighted by Crippen LogP contribution is -2.33. The molecule has 0 saturated heterocycles. The maximum absolute atomic E-state index is 13.5. The fraction of sp³-hybridized carbons (Fsp3) is 0.500. The number of carbonyl (C=O) groups excluding carboxylic acids is 2. The second-order valence-corrected chi connectivity index (χ2v) is 6.96. The molecule has 1 rings (SSSR count). The number of hydrogen-bond donors (Lipinski definition) is 2. The molecule has 0 radical (unpaired) electrons. The Hall–Kier alpha value is -1.63. The van der Waals surface area contributed by atoms with Gasteiger partial charge in [0, 0.05) is 29.5 Å². The van der Waals surface area contributed by atoms with Gasteiger partial charge in [0.2, 0.25) is 5.91 Å². The number of alkyl carbamates (subject to hydrolysis) is 1. The molecule has 23 heavy (non-hydrogen) atoms. The molecule has 1 aromatic carbocycles. The molecule has 0 aliphatic heterocycles. The maximum atomic E-state index is 13.5. The van der Waals surface area contributed by atoms with E-state index >= 15 is 0 Å². The van der Waals surface area contributed by atoms with Gasteiger partial charge in [-0.25, -0.2) is 9.18 Å². The molecular formula is C16H22BrFN2O3. The molecule has 0 aliphatic carbocycles. The van der Waals surface area contributed by atoms with Gasteiger partial charge in [-0.1, -0.05) is 15.9 Å². The smallest absolute Gasteiger partial charge is 0.407 e. The van der Waals surface area contributed by atoms with E-state index in [9.17, 15) is 14.0 Å². The van der Waals surface area contributed by atoms with E-state index in [0.29, 0.717) is 18.5 Å². The monoisotopic (exact) mass is 388 g/mol. The van der Waals surface area contributed by atoms with Gasteiger partial charge in [0.25, 0.3) is 0 Å². The Morgan fingerprint density at radius 2 is 1.96 bits per heavy atom. The van der Waals surface area contributed by atoms with E-state index < -0.39 is 11.7 Å². The van der Waals surface area contributed by atoms with Crippen LogP contribution in [0.4, 0.5) is 9.18 Å². The van der Waals surface area contributed by atoms with E-state index in [4.69, 9.17) is 4.74 Å². The van der Waals surface area contributed by atoms with Crippen LogP contribution in [0.15, 0.2) is 22.7 Å². The lowest BCUT2D eigenvalue weighted by molar-refractivity contribution is -0.121. The van der Waals surface area contributed by atoms with Crippen molar-refractivity contribution in [2.24, 2.45) is 0 Å². The van der Waals surface area contributed by atoms with Crippen LogP contribution < -0.4 is 10.6 Å². The summed E-state index contributed by atoms with van der Waals surface area (Å²) in [6.07, 6.45) is 0.214. The van der Waals surface area contributed by atoms with Gasteiger partial charge in [-0.3, -0.25) is 4.79 Å². The predicted molar refractivity (Wildman–Crippen MR) is 89.4 cm³/mol. The fourth-order valence-electron chi connectivity index (χ4n) is 1.71. The van der Waals surface area contributed by atoms with Gasteiger partial charge >= 0.3 is 6.09 Å². The highest BCUT2D eigenvalue weighted by Crippen LogP contribution is 2.15. The molecule has 2 N–H and O–H groups in total. The normalized spacial score (nSPS) is 11.0. The molecule has 0 spiro atoms. The summed E-state index contributed by atoms with van der Waals surface area (Å²) >= 11 is 3.26. The van der Waals surface area contributed by atoms with E-state index in [0.717, 1.165) is 4.47 Å². The average molecular weight is 389 g/mol. The lowest BCUT2D eigenvalue weighted by atomic mass is 10.2. The van der Waals surface area contributed by atoms with Crippen LogP contribution in [0.25, 0.3) is 0 Å². The number of rotatable bonds is 6. The van der Waals surface area contributed by atoms with Crippen LogP contribution in [0.1, 0.15) is 39.2 Å². The molecular weight excluding hydrogens is 367 g/mol. The second kappa shape index (κ2) is 8.86. The first-order valence-corrected chi connectivity index (χ1v) is 8.14. The summed E-state index contributed by atoms with van der Waals surface area (Å²) in [7, 11) is 0. The number of carbonyl (C=O) groups is 2. The third kappa shape index (κ3) is 8.54. The summed E-state index contributed by atoms with van der Waals surface area (Å²) in [6.45, 7) is 5.81. The zero-order valence-electron chi connectivity index (χ0n) is 13.5. The minimum absolute atomic E-state index is 0.129. The molecule has 0 atom stereocenters. The van der Waals surface area contributed by atoms with E-state index in [1.165, 1.54) is 6.07 Å². The molecule has 0 heterocycles. The largest absolute Gasteiger partial charge is 0.444 e. The van der Waals surface area contributed by atoms with Gasteiger partial charge in [-0.2, -0.15) is 0 Å². The lowest BCUT2D eigenvalue weighted by Gasteiger charge is -2.19. The molecule has 5 nitrogen and oxygen atoms in total. The van der Waals surface area contributed by atoms with Crippen molar-refractivity contribution in [2.75, 3.05) is 6.54 Å². The number of benzene rings is 1. The Bertz CT molecular complexity index is 559. The average Bonchev–Trinajstić information content (AvgIpc) is 2.42. The van der Waals surface area contributed by atoms with Gasteiger partial charge in [-0.15, -0.1) is 0 Å². The first kappa shape index (κ1) is 19.4. The maximum Gasteiger partial charge on any atom is 0.407 e. The number of hydrogen-bond acceptors (Lipinski definition) is 3. The van der Waals surface area contributed by atoms with Crippen molar-refractivity contribution in [1.82, 2.24) is 10.6 Å². The zero-order chi connectivity index (χ0) is 17.5. The second-order valence-electron chi connectivity index (χ2n) is 6.04. The highest BCUT2D eigenvalue weighted by atomic mass is 79.9. The van der Waals surface area contributed by atoms with Crippen molar-refractivity contribution in [2.45, 2.75) is 45.8 Å². The topological polar surface area (TPSA) is 67.4 Å². The molecule has 0 unspecified atom stereocenters. The molecule has 7 heteroatoms. The van der Waals surface area contributed by atoms with Gasteiger partial charge in [0.05, 0.1) is 0 Å². The molecule has 0 aromatic heterocycles. The Morgan fingerprint density at radius 1 is 1.26 bits per heavy atom. The van der Waals surface area contributed by atoms with Gasteiger partial charge in [0.15, 0.2) is 0 Å². The molecule has 0 saturated carbocycles. The minimum Gasteiger partial charge on any atom is -0.444 e. The van der Waals surface area contributed by atoms with Crippen LogP contribution in [0.5, 0.6) is 0 Å². The van der Waals surface area contributed by atoms with Crippen LogP contribution in [0.3, 0.4) is 0 Å². The van der Waals surface area contributed by atoms with Gasteiger partial charge in [-0.05, 0) is 45.4 Å². The molecule has 1 aromatic rings. The van der Waals surface area contributed by atoms with Gasteiger partial charge in [0.1, 0.15) is 11.4 Å². The van der Waals surface area contributed by atoms with Gasteiger partial charge < -0.3 is 15.4 Å². The highest BCUT2D eigenvalue weighted by molar-refractivity contribution is 9.10. The summed E-state index contributed by atoms with van der Waals surface area (Å²) in [5.41, 5.74) is -0.130. The number of halogens is 2. The summed E-state index contributed by atoms with van der Waals surface area (Å²) in [5.74, 6) is -0.560. The van der Waals surface area contributed by atoms with Crippen LogP contribution in [0, 0.1) is 5.82 Å². The molecule has 2 amide bonds. The molecule has 0 aliphatic rings. The van der Waals surface area contributed by atoms with Crippen molar-refractivity contribution >= 4 is 27.9 Å². The van der Waals surface area contributed by atoms with Crippen molar-refractivity contribution in [3.63, 3.8) is 0 Å². The number of amides is 2. The zero-order valence-corrected chi connectivity index (χ0v) is 15.1. The Kier molecular flexibility index (Phi) is 7.48. The van der Waals surface area contributed by atoms with Crippen molar-refractivity contribution in [1.29, 1.82) is 0 Å². The highest BCUT2D eigenvalue weighted by Gasteiger charge is 2.15. The van der Waals surface area contributed by atoms with E-state index in [-0.39, 0.29) is 24.7 Å². The molecule has 0 bridgehead atoms. The number of nitrogens with one attached hydrogen (secondary N) is 2. The van der Waals surface area contributed by atoms with E-state index in [1.54, 1.807) is 32.9 Å². The summed E-state index contributed by atoms with van der Waals surface area (Å²) < 4.78 is 19.3. The van der Waals surface area contributed by atoms with Crippen molar-refractivity contribution in [3.05, 3.63) is 34.1 Å². The Labute approximate surface area is 144 Å². The standard InChI is InChI=1S/C16H22BrFN2O3/c1-16(2,3)23-15(22)19-8-4-5-14(21)20-10-11-9-12(17)6-7-13(11)18/h6-7,9H,4-5,8,10H2,1-3H3,(H,19,22)(H,20,21). The minimum atomic E-state index is -0.546. The first-order chi connectivity index (χ1) is 10.7. The predicted octanol–water partition coefficient (Wildman–Crippen LogP) is 3.51. The van der Waals surface area contributed by atoms with Crippen LogP contribution in [-0.2, 0) is 16.1 Å². The summed E-state index contributed by atoms with van der Waals surface area (Å²) in [6, 6.07) is 4.57.